The number of carbonyl (C=O) groups excluding carboxylic acids is 1. The summed E-state index contributed by atoms with van der Waals surface area (Å²) >= 11 is 0. The van der Waals surface area contributed by atoms with E-state index < -0.39 is 6.17 Å². The van der Waals surface area contributed by atoms with Crippen molar-refractivity contribution in [2.45, 2.75) is 12.6 Å². The Kier molecular flexibility index (Phi) is 5.96. The van der Waals surface area contributed by atoms with Gasteiger partial charge in [0.25, 0.3) is 5.89 Å². The molecule has 36 heavy (non-hydrogen) atoms. The largest absolute Gasteiger partial charge is 0.402 e. The molecule has 1 fully saturated rings. The predicted molar refractivity (Wildman–Crippen MR) is 135 cm³/mol. The molecule has 9 nitrogen and oxygen atoms in total. The minimum Gasteiger partial charge on any atom is -0.402 e. The normalized spacial score (nSPS) is 17.8. The molecule has 4 aromatic rings. The minimum atomic E-state index is -0.872. The van der Waals surface area contributed by atoms with E-state index in [9.17, 15) is 4.79 Å². The van der Waals surface area contributed by atoms with Crippen LogP contribution >= 0.6 is 0 Å². The summed E-state index contributed by atoms with van der Waals surface area (Å²) in [7, 11) is 0. The van der Waals surface area contributed by atoms with Gasteiger partial charge in [0.1, 0.15) is 0 Å². The van der Waals surface area contributed by atoms with Crippen LogP contribution < -0.4 is 10.2 Å². The molecule has 0 aliphatic carbocycles. The van der Waals surface area contributed by atoms with Crippen molar-refractivity contribution in [1.82, 2.24) is 15.2 Å². The van der Waals surface area contributed by atoms with Gasteiger partial charge < -0.3 is 19.4 Å². The second-order valence-electron chi connectivity index (χ2n) is 8.57. The Morgan fingerprint density at radius 3 is 2.58 bits per heavy atom. The average Bonchev–Trinajstić information content (AvgIpc) is 3.35. The van der Waals surface area contributed by atoms with E-state index in [0.29, 0.717) is 18.9 Å². The highest BCUT2D eigenvalue weighted by Gasteiger charge is 2.28. The summed E-state index contributed by atoms with van der Waals surface area (Å²) in [6, 6.07) is 21.7. The molecular formula is C27H24N6O3. The number of aliphatic imine (C=N–C) groups is 1. The second kappa shape index (κ2) is 9.71. The maximum absolute atomic E-state index is 13.2. The van der Waals surface area contributed by atoms with Gasteiger partial charge in [0, 0.05) is 36.8 Å². The zero-order chi connectivity index (χ0) is 24.3. The number of carbonyl (C=O) groups is 1. The molecule has 1 N–H and O–H groups in total. The van der Waals surface area contributed by atoms with Gasteiger partial charge >= 0.3 is 6.01 Å². The lowest BCUT2D eigenvalue weighted by Gasteiger charge is -2.29. The van der Waals surface area contributed by atoms with Crippen LogP contribution in [0.1, 0.15) is 16.7 Å². The van der Waals surface area contributed by atoms with Crippen LogP contribution in [0, 0.1) is 0 Å². The number of pyridine rings is 1. The summed E-state index contributed by atoms with van der Waals surface area (Å²) < 4.78 is 11.4. The van der Waals surface area contributed by atoms with Gasteiger partial charge in [-0.05, 0) is 17.7 Å². The van der Waals surface area contributed by atoms with Crippen molar-refractivity contribution in [3.05, 3.63) is 89.6 Å². The van der Waals surface area contributed by atoms with Crippen LogP contribution in [-0.4, -0.2) is 59.1 Å². The quantitative estimate of drug-likeness (QED) is 0.464. The molecule has 4 heterocycles. The number of rotatable bonds is 5. The number of ketones is 1. The third-order valence-electron chi connectivity index (χ3n) is 6.27. The number of hydrogen-bond donors (Lipinski definition) is 1. The van der Waals surface area contributed by atoms with E-state index in [1.807, 2.05) is 66.7 Å². The molecule has 0 radical (unpaired) electrons. The van der Waals surface area contributed by atoms with Crippen molar-refractivity contribution in [3.63, 3.8) is 0 Å². The summed E-state index contributed by atoms with van der Waals surface area (Å²) in [5, 5.41) is 11.4. The molecular weight excluding hydrogens is 456 g/mol. The molecule has 2 aliphatic heterocycles. The summed E-state index contributed by atoms with van der Waals surface area (Å²) in [6.45, 7) is 2.82. The third kappa shape index (κ3) is 4.36. The molecule has 6 rings (SSSR count). The van der Waals surface area contributed by atoms with Crippen molar-refractivity contribution in [3.8, 4) is 11.6 Å². The number of hydrogen-bond acceptors (Lipinski definition) is 9. The van der Waals surface area contributed by atoms with Crippen LogP contribution in [0.5, 0.6) is 0 Å². The van der Waals surface area contributed by atoms with Crippen molar-refractivity contribution in [1.29, 1.82) is 0 Å². The maximum atomic E-state index is 13.2. The van der Waals surface area contributed by atoms with Crippen LogP contribution in [0.25, 0.3) is 11.6 Å². The highest BCUT2D eigenvalue weighted by Crippen LogP contribution is 2.30. The molecule has 2 aromatic carbocycles. The SMILES string of the molecule is O=C1Cc2ccccc2C(c2ccccc2)=NC1Nc1nnc(-c2ncccc2N2CCOCC2)o1. The Hall–Kier alpha value is -4.37. The van der Waals surface area contributed by atoms with Crippen LogP contribution in [0.2, 0.25) is 0 Å². The summed E-state index contributed by atoms with van der Waals surface area (Å²) in [5.74, 6) is 0.191. The number of nitrogens with zero attached hydrogens (tertiary/aromatic N) is 5. The lowest BCUT2D eigenvalue weighted by Crippen LogP contribution is -2.36. The van der Waals surface area contributed by atoms with Crippen LogP contribution in [0.3, 0.4) is 0 Å². The molecule has 0 saturated carbocycles. The van der Waals surface area contributed by atoms with Gasteiger partial charge in [0.15, 0.2) is 17.6 Å². The Labute approximate surface area is 207 Å². The van der Waals surface area contributed by atoms with Gasteiger partial charge in [-0.3, -0.25) is 9.79 Å². The van der Waals surface area contributed by atoms with Crippen molar-refractivity contribution in [2.75, 3.05) is 36.5 Å². The first-order chi connectivity index (χ1) is 17.8. The van der Waals surface area contributed by atoms with Crippen LogP contribution in [-0.2, 0) is 16.0 Å². The predicted octanol–water partition coefficient (Wildman–Crippen LogP) is 3.37. The highest BCUT2D eigenvalue weighted by atomic mass is 16.5. The highest BCUT2D eigenvalue weighted by molar-refractivity contribution is 6.16. The molecule has 0 spiro atoms. The number of nitrogens with one attached hydrogen (secondary N) is 1. The molecule has 9 heteroatoms. The van der Waals surface area contributed by atoms with Gasteiger partial charge in [-0.1, -0.05) is 59.7 Å². The van der Waals surface area contributed by atoms with Crippen molar-refractivity contribution in [2.24, 2.45) is 4.99 Å². The molecule has 0 amide bonds. The first-order valence-electron chi connectivity index (χ1n) is 11.9. The fourth-order valence-corrected chi connectivity index (χ4v) is 4.51. The molecule has 0 bridgehead atoms. The maximum Gasteiger partial charge on any atom is 0.317 e. The first-order valence-corrected chi connectivity index (χ1v) is 11.9. The molecule has 2 aliphatic rings. The van der Waals surface area contributed by atoms with Gasteiger partial charge in [0.05, 0.1) is 24.6 Å². The number of ether oxygens (including phenoxy) is 1. The van der Waals surface area contributed by atoms with Crippen molar-refractivity contribution < 1.29 is 13.9 Å². The van der Waals surface area contributed by atoms with E-state index in [1.165, 1.54) is 0 Å². The van der Waals surface area contributed by atoms with E-state index >= 15 is 0 Å². The number of morpholine rings is 1. The van der Waals surface area contributed by atoms with E-state index in [0.717, 1.165) is 41.2 Å². The van der Waals surface area contributed by atoms with Gasteiger partial charge in [0.2, 0.25) is 0 Å². The zero-order valence-corrected chi connectivity index (χ0v) is 19.5. The smallest absolute Gasteiger partial charge is 0.317 e. The molecule has 1 unspecified atom stereocenters. The molecule has 2 aromatic heterocycles. The topological polar surface area (TPSA) is 106 Å². The Balaban J connectivity index is 1.32. The number of Topliss-reactive ketones (excluding diaryl/α,β-unsaturated/α-hetero) is 1. The summed E-state index contributed by atoms with van der Waals surface area (Å²) in [6.07, 6.45) is 1.07. The van der Waals surface area contributed by atoms with Gasteiger partial charge in [-0.2, -0.15) is 0 Å². The fraction of sp³-hybridized carbons (Fsp3) is 0.222. The van der Waals surface area contributed by atoms with E-state index in [1.54, 1.807) is 6.20 Å². The van der Waals surface area contributed by atoms with Gasteiger partial charge in [-0.15, -0.1) is 5.10 Å². The number of anilines is 2. The minimum absolute atomic E-state index is 0.0834. The summed E-state index contributed by atoms with van der Waals surface area (Å²) in [4.78, 5) is 24.7. The molecule has 1 saturated heterocycles. The van der Waals surface area contributed by atoms with Crippen LogP contribution in [0.4, 0.5) is 11.7 Å². The Morgan fingerprint density at radius 2 is 1.72 bits per heavy atom. The van der Waals surface area contributed by atoms with Crippen LogP contribution in [0.15, 0.2) is 82.3 Å². The molecule has 180 valence electrons. The summed E-state index contributed by atoms with van der Waals surface area (Å²) in [5.41, 5.74) is 5.05. The zero-order valence-electron chi connectivity index (χ0n) is 19.5. The lowest BCUT2D eigenvalue weighted by atomic mass is 9.96. The number of benzene rings is 2. The molecule has 1 atom stereocenters. The average molecular weight is 481 g/mol. The Bertz CT molecular complexity index is 1410. The van der Waals surface area contributed by atoms with Crippen molar-refractivity contribution >= 4 is 23.2 Å². The second-order valence-corrected chi connectivity index (χ2v) is 8.57. The monoisotopic (exact) mass is 480 g/mol. The van der Waals surface area contributed by atoms with E-state index in [2.05, 4.69) is 25.4 Å². The number of fused-ring (bicyclic) bond motifs is 1. The third-order valence-corrected chi connectivity index (χ3v) is 6.27. The Morgan fingerprint density at radius 1 is 0.917 bits per heavy atom. The van der Waals surface area contributed by atoms with E-state index in [-0.39, 0.29) is 24.1 Å². The van der Waals surface area contributed by atoms with Gasteiger partial charge in [-0.25, -0.2) is 4.98 Å². The van der Waals surface area contributed by atoms with E-state index in [4.69, 9.17) is 14.1 Å². The lowest BCUT2D eigenvalue weighted by molar-refractivity contribution is -0.119. The first kappa shape index (κ1) is 22.1. The standard InChI is InChI=1S/C27H24N6O3/c34-22-17-19-9-4-5-10-20(19)23(18-7-2-1-3-8-18)29-25(22)30-27-32-31-26(36-27)24-21(11-6-12-28-24)33-13-15-35-16-14-33/h1-12,25H,13-17H2,(H,30,32). The number of aromatic nitrogens is 3. The fourth-order valence-electron chi connectivity index (χ4n) is 4.51.